The Labute approximate surface area is 91.0 Å². The number of carbonyl (C=O) groups is 1. The highest BCUT2D eigenvalue weighted by Gasteiger charge is 2.35. The normalized spacial score (nSPS) is 36.9. The summed E-state index contributed by atoms with van der Waals surface area (Å²) in [5.41, 5.74) is 0. The number of nitrogens with one attached hydrogen (secondary N) is 1. The Morgan fingerprint density at radius 2 is 2.00 bits per heavy atom. The van der Waals surface area contributed by atoms with Gasteiger partial charge in [0.05, 0.1) is 0 Å². The molecule has 0 aromatic rings. The van der Waals surface area contributed by atoms with Crippen LogP contribution in [0.2, 0.25) is 0 Å². The minimum atomic E-state index is -0.173. The third-order valence-electron chi connectivity index (χ3n) is 3.29. The molecule has 2 unspecified atom stereocenters. The van der Waals surface area contributed by atoms with Gasteiger partial charge in [-0.25, -0.2) is 0 Å². The van der Waals surface area contributed by atoms with Gasteiger partial charge in [-0.3, -0.25) is 4.79 Å². The summed E-state index contributed by atoms with van der Waals surface area (Å²) in [5.74, 6) is 0.189. The molecule has 3 atom stereocenters. The quantitative estimate of drug-likeness (QED) is 0.683. The minimum absolute atomic E-state index is 0.173. The first-order chi connectivity index (χ1) is 7.20. The molecular formula is C11H20N2O2. The molecule has 1 N–H and O–H groups in total. The molecule has 0 aromatic carbocycles. The van der Waals surface area contributed by atoms with Crippen molar-refractivity contribution in [3.05, 3.63) is 0 Å². The molecule has 4 heteroatoms. The van der Waals surface area contributed by atoms with E-state index in [9.17, 15) is 4.79 Å². The van der Waals surface area contributed by atoms with Gasteiger partial charge in [0.25, 0.3) is 5.91 Å². The van der Waals surface area contributed by atoms with Crippen LogP contribution in [-0.4, -0.2) is 48.7 Å². The number of piperazine rings is 1. The molecule has 2 saturated heterocycles. The molecule has 2 heterocycles. The fourth-order valence-electron chi connectivity index (χ4n) is 2.51. The Hall–Kier alpha value is -0.610. The van der Waals surface area contributed by atoms with E-state index in [0.29, 0.717) is 0 Å². The molecule has 0 spiro atoms. The van der Waals surface area contributed by atoms with E-state index in [2.05, 4.69) is 19.2 Å². The van der Waals surface area contributed by atoms with Gasteiger partial charge in [0.1, 0.15) is 6.10 Å². The minimum Gasteiger partial charge on any atom is -0.368 e. The van der Waals surface area contributed by atoms with E-state index in [1.807, 2.05) is 4.90 Å². The van der Waals surface area contributed by atoms with E-state index in [0.717, 1.165) is 32.5 Å². The molecule has 1 amide bonds. The van der Waals surface area contributed by atoms with Gasteiger partial charge in [-0.1, -0.05) is 0 Å². The first kappa shape index (κ1) is 10.9. The van der Waals surface area contributed by atoms with E-state index < -0.39 is 0 Å². The first-order valence-corrected chi connectivity index (χ1v) is 5.84. The van der Waals surface area contributed by atoms with Crippen LogP contribution >= 0.6 is 0 Å². The highest BCUT2D eigenvalue weighted by atomic mass is 16.5. The maximum Gasteiger partial charge on any atom is 0.252 e. The van der Waals surface area contributed by atoms with Gasteiger partial charge in [-0.2, -0.15) is 0 Å². The third-order valence-corrected chi connectivity index (χ3v) is 3.29. The maximum atomic E-state index is 12.2. The SMILES string of the molecule is CC1CNCC(C)N1C(=O)[C@@H]1CCCO1. The maximum absolute atomic E-state index is 12.2. The Bertz CT molecular complexity index is 229. The summed E-state index contributed by atoms with van der Waals surface area (Å²) in [6.45, 7) is 6.71. The Morgan fingerprint density at radius 1 is 1.33 bits per heavy atom. The molecule has 2 aliphatic heterocycles. The average molecular weight is 212 g/mol. The standard InChI is InChI=1S/C11H20N2O2/c1-8-6-12-7-9(2)13(8)11(14)10-4-3-5-15-10/h8-10,12H,3-7H2,1-2H3/t8?,9?,10-/m0/s1. The van der Waals surface area contributed by atoms with E-state index in [1.54, 1.807) is 0 Å². The fourth-order valence-corrected chi connectivity index (χ4v) is 2.51. The molecule has 15 heavy (non-hydrogen) atoms. The summed E-state index contributed by atoms with van der Waals surface area (Å²) in [5, 5.41) is 3.32. The van der Waals surface area contributed by atoms with Gasteiger partial charge in [0, 0.05) is 31.8 Å². The third kappa shape index (κ3) is 2.16. The second kappa shape index (κ2) is 4.49. The van der Waals surface area contributed by atoms with Gasteiger partial charge in [-0.05, 0) is 26.7 Å². The molecule has 0 radical (unpaired) electrons. The lowest BCUT2D eigenvalue weighted by atomic mass is 10.1. The molecule has 2 fully saturated rings. The fraction of sp³-hybridized carbons (Fsp3) is 0.909. The van der Waals surface area contributed by atoms with Crippen LogP contribution in [-0.2, 0) is 9.53 Å². The Balaban J connectivity index is 2.02. The Morgan fingerprint density at radius 3 is 2.53 bits per heavy atom. The molecule has 0 saturated carbocycles. The van der Waals surface area contributed by atoms with Crippen LogP contribution in [0.1, 0.15) is 26.7 Å². The molecule has 0 bridgehead atoms. The molecule has 4 nitrogen and oxygen atoms in total. The molecule has 2 rings (SSSR count). The number of carbonyl (C=O) groups excluding carboxylic acids is 1. The van der Waals surface area contributed by atoms with Crippen LogP contribution in [0.4, 0.5) is 0 Å². The summed E-state index contributed by atoms with van der Waals surface area (Å²) in [4.78, 5) is 14.2. The first-order valence-electron chi connectivity index (χ1n) is 5.84. The molecule has 0 aromatic heterocycles. The number of hydrogen-bond acceptors (Lipinski definition) is 3. The summed E-state index contributed by atoms with van der Waals surface area (Å²) >= 11 is 0. The van der Waals surface area contributed by atoms with E-state index >= 15 is 0 Å². The zero-order valence-corrected chi connectivity index (χ0v) is 9.53. The number of amides is 1. The van der Waals surface area contributed by atoms with Crippen molar-refractivity contribution in [1.82, 2.24) is 10.2 Å². The second-order valence-corrected chi connectivity index (χ2v) is 4.60. The van der Waals surface area contributed by atoms with Crippen molar-refractivity contribution < 1.29 is 9.53 Å². The van der Waals surface area contributed by atoms with Crippen molar-refractivity contribution >= 4 is 5.91 Å². The number of ether oxygens (including phenoxy) is 1. The van der Waals surface area contributed by atoms with Crippen molar-refractivity contribution in [3.8, 4) is 0 Å². The molecular weight excluding hydrogens is 192 g/mol. The van der Waals surface area contributed by atoms with E-state index in [1.165, 1.54) is 0 Å². The Kier molecular flexibility index (Phi) is 3.26. The summed E-state index contributed by atoms with van der Waals surface area (Å²) < 4.78 is 5.45. The molecule has 86 valence electrons. The lowest BCUT2D eigenvalue weighted by Crippen LogP contribution is -2.59. The van der Waals surface area contributed by atoms with E-state index in [4.69, 9.17) is 4.74 Å². The highest BCUT2D eigenvalue weighted by Crippen LogP contribution is 2.19. The van der Waals surface area contributed by atoms with Gasteiger partial charge < -0.3 is 15.0 Å². The summed E-state index contributed by atoms with van der Waals surface area (Å²) in [6, 6.07) is 0.566. The zero-order chi connectivity index (χ0) is 10.8. The largest absolute Gasteiger partial charge is 0.368 e. The number of hydrogen-bond donors (Lipinski definition) is 1. The van der Waals surface area contributed by atoms with Crippen molar-refractivity contribution in [2.75, 3.05) is 19.7 Å². The number of nitrogens with zero attached hydrogens (tertiary/aromatic N) is 1. The van der Waals surface area contributed by atoms with Gasteiger partial charge in [-0.15, -0.1) is 0 Å². The van der Waals surface area contributed by atoms with Crippen molar-refractivity contribution in [2.24, 2.45) is 0 Å². The molecule has 2 aliphatic rings. The second-order valence-electron chi connectivity index (χ2n) is 4.60. The van der Waals surface area contributed by atoms with E-state index in [-0.39, 0.29) is 24.1 Å². The highest BCUT2D eigenvalue weighted by molar-refractivity contribution is 5.82. The van der Waals surface area contributed by atoms with Crippen LogP contribution in [0.5, 0.6) is 0 Å². The van der Waals surface area contributed by atoms with Crippen molar-refractivity contribution in [1.29, 1.82) is 0 Å². The summed E-state index contributed by atoms with van der Waals surface area (Å²) in [7, 11) is 0. The smallest absolute Gasteiger partial charge is 0.252 e. The zero-order valence-electron chi connectivity index (χ0n) is 9.53. The van der Waals surface area contributed by atoms with Gasteiger partial charge in [0.2, 0.25) is 0 Å². The predicted molar refractivity (Wildman–Crippen MR) is 57.6 cm³/mol. The van der Waals surface area contributed by atoms with Crippen LogP contribution in [0.3, 0.4) is 0 Å². The van der Waals surface area contributed by atoms with Crippen LogP contribution in [0, 0.1) is 0 Å². The predicted octanol–water partition coefficient (Wildman–Crippen LogP) is 0.374. The van der Waals surface area contributed by atoms with Gasteiger partial charge in [0.15, 0.2) is 0 Å². The van der Waals surface area contributed by atoms with Crippen molar-refractivity contribution in [2.45, 2.75) is 44.9 Å². The van der Waals surface area contributed by atoms with Crippen LogP contribution in [0.25, 0.3) is 0 Å². The lowest BCUT2D eigenvalue weighted by molar-refractivity contribution is -0.146. The lowest BCUT2D eigenvalue weighted by Gasteiger charge is -2.40. The van der Waals surface area contributed by atoms with Crippen LogP contribution < -0.4 is 5.32 Å². The number of rotatable bonds is 1. The summed E-state index contributed by atoms with van der Waals surface area (Å²) in [6.07, 6.45) is 1.74. The molecule has 0 aliphatic carbocycles. The average Bonchev–Trinajstić information content (AvgIpc) is 2.69. The van der Waals surface area contributed by atoms with Gasteiger partial charge >= 0.3 is 0 Å². The van der Waals surface area contributed by atoms with Crippen molar-refractivity contribution in [3.63, 3.8) is 0 Å². The monoisotopic (exact) mass is 212 g/mol. The van der Waals surface area contributed by atoms with Crippen LogP contribution in [0.15, 0.2) is 0 Å². The topological polar surface area (TPSA) is 41.6 Å².